The zero-order valence-corrected chi connectivity index (χ0v) is 13.5. The quantitative estimate of drug-likeness (QED) is 0.756. The minimum atomic E-state index is -0.605. The normalized spacial score (nSPS) is 13.4. The molecule has 2 atom stereocenters. The number of carbonyl (C=O) groups is 1. The predicted molar refractivity (Wildman–Crippen MR) is 94.7 cm³/mol. The first-order chi connectivity index (χ1) is 11.6. The molecule has 0 bridgehead atoms. The van der Waals surface area contributed by atoms with Gasteiger partial charge in [0.1, 0.15) is 5.69 Å². The van der Waals surface area contributed by atoms with Crippen molar-refractivity contribution in [1.82, 2.24) is 10.3 Å². The molecule has 2 N–H and O–H groups in total. The Labute approximate surface area is 141 Å². The number of nitrogens with one attached hydrogen (secondary N) is 1. The number of carbonyl (C=O) groups excluding carboxylic acids is 1. The lowest BCUT2D eigenvalue weighted by atomic mass is 10.0. The molecule has 24 heavy (non-hydrogen) atoms. The number of rotatable bonds is 5. The summed E-state index contributed by atoms with van der Waals surface area (Å²) >= 11 is 0. The van der Waals surface area contributed by atoms with Gasteiger partial charge in [-0.2, -0.15) is 0 Å². The highest BCUT2D eigenvalue weighted by Crippen LogP contribution is 2.18. The van der Waals surface area contributed by atoms with Crippen molar-refractivity contribution in [3.8, 4) is 0 Å². The van der Waals surface area contributed by atoms with Gasteiger partial charge in [0.25, 0.3) is 5.91 Å². The fourth-order valence-electron chi connectivity index (χ4n) is 2.70. The van der Waals surface area contributed by atoms with Crippen LogP contribution < -0.4 is 5.32 Å². The lowest BCUT2D eigenvalue weighted by Crippen LogP contribution is -2.34. The number of aliphatic hydroxyl groups excluding tert-OH is 1. The molecular weight excluding hydrogens is 300 g/mol. The Morgan fingerprint density at radius 2 is 1.75 bits per heavy atom. The Kier molecular flexibility index (Phi) is 4.87. The van der Waals surface area contributed by atoms with E-state index < -0.39 is 6.10 Å². The third-order valence-electron chi connectivity index (χ3n) is 3.97. The van der Waals surface area contributed by atoms with Crippen molar-refractivity contribution in [2.45, 2.75) is 25.5 Å². The zero-order chi connectivity index (χ0) is 16.9. The minimum Gasteiger partial charge on any atom is -0.388 e. The van der Waals surface area contributed by atoms with Crippen LogP contribution in [0.4, 0.5) is 0 Å². The second kappa shape index (κ2) is 7.23. The highest BCUT2D eigenvalue weighted by atomic mass is 16.3. The van der Waals surface area contributed by atoms with Crippen LogP contribution in [-0.2, 0) is 0 Å². The highest BCUT2D eigenvalue weighted by molar-refractivity contribution is 5.95. The number of benzene rings is 2. The Morgan fingerprint density at radius 3 is 2.54 bits per heavy atom. The highest BCUT2D eigenvalue weighted by Gasteiger charge is 2.16. The molecule has 2 aromatic carbocycles. The van der Waals surface area contributed by atoms with Gasteiger partial charge >= 0.3 is 0 Å². The van der Waals surface area contributed by atoms with E-state index in [2.05, 4.69) is 10.3 Å². The maximum absolute atomic E-state index is 12.4. The number of pyridine rings is 1. The van der Waals surface area contributed by atoms with Crippen LogP contribution in [-0.4, -0.2) is 22.0 Å². The summed E-state index contributed by atoms with van der Waals surface area (Å²) in [5.41, 5.74) is 2.03. The van der Waals surface area contributed by atoms with E-state index in [1.807, 2.05) is 67.6 Å². The van der Waals surface area contributed by atoms with Crippen LogP contribution in [0, 0.1) is 0 Å². The van der Waals surface area contributed by atoms with E-state index in [0.29, 0.717) is 12.1 Å². The van der Waals surface area contributed by atoms with Gasteiger partial charge in [0.2, 0.25) is 0 Å². The molecule has 1 amide bonds. The molecule has 4 heteroatoms. The van der Waals surface area contributed by atoms with E-state index in [0.717, 1.165) is 16.5 Å². The molecule has 3 aromatic rings. The SMILES string of the molecule is CC(CC(O)c1ccccc1)NC(=O)c1ccc2ccccc2n1. The van der Waals surface area contributed by atoms with Crippen molar-refractivity contribution in [2.75, 3.05) is 0 Å². The van der Waals surface area contributed by atoms with E-state index >= 15 is 0 Å². The van der Waals surface area contributed by atoms with Crippen molar-refractivity contribution in [3.05, 3.63) is 78.0 Å². The molecule has 0 aliphatic heterocycles. The third kappa shape index (κ3) is 3.78. The molecule has 2 unspecified atom stereocenters. The van der Waals surface area contributed by atoms with E-state index in [-0.39, 0.29) is 11.9 Å². The Hall–Kier alpha value is -2.72. The Balaban J connectivity index is 1.64. The van der Waals surface area contributed by atoms with Crippen LogP contribution in [0.3, 0.4) is 0 Å². The van der Waals surface area contributed by atoms with Gasteiger partial charge in [-0.05, 0) is 31.0 Å². The first-order valence-electron chi connectivity index (χ1n) is 8.03. The summed E-state index contributed by atoms with van der Waals surface area (Å²) in [7, 11) is 0. The summed E-state index contributed by atoms with van der Waals surface area (Å²) in [5, 5.41) is 14.2. The molecule has 0 aliphatic rings. The smallest absolute Gasteiger partial charge is 0.270 e. The van der Waals surface area contributed by atoms with E-state index in [9.17, 15) is 9.90 Å². The minimum absolute atomic E-state index is 0.166. The van der Waals surface area contributed by atoms with Gasteiger partial charge in [0, 0.05) is 11.4 Å². The van der Waals surface area contributed by atoms with Crippen molar-refractivity contribution in [2.24, 2.45) is 0 Å². The second-order valence-electron chi connectivity index (χ2n) is 5.93. The standard InChI is InChI=1S/C20H20N2O2/c1-14(13-19(23)16-8-3-2-4-9-16)21-20(24)18-12-11-15-7-5-6-10-17(15)22-18/h2-12,14,19,23H,13H2,1H3,(H,21,24). The Bertz CT molecular complexity index is 833. The van der Waals surface area contributed by atoms with Crippen LogP contribution in [0.25, 0.3) is 10.9 Å². The monoisotopic (exact) mass is 320 g/mol. The van der Waals surface area contributed by atoms with Gasteiger partial charge in [0.15, 0.2) is 0 Å². The molecule has 1 heterocycles. The maximum Gasteiger partial charge on any atom is 0.270 e. The number of aliphatic hydroxyl groups is 1. The molecule has 0 aliphatic carbocycles. The summed E-state index contributed by atoms with van der Waals surface area (Å²) in [4.78, 5) is 16.8. The average molecular weight is 320 g/mol. The molecule has 3 rings (SSSR count). The van der Waals surface area contributed by atoms with E-state index in [1.165, 1.54) is 0 Å². The van der Waals surface area contributed by atoms with E-state index in [1.54, 1.807) is 6.07 Å². The number of aromatic nitrogens is 1. The van der Waals surface area contributed by atoms with Gasteiger partial charge < -0.3 is 10.4 Å². The first kappa shape index (κ1) is 16.1. The first-order valence-corrected chi connectivity index (χ1v) is 8.03. The molecule has 0 saturated carbocycles. The molecular formula is C20H20N2O2. The number of amides is 1. The van der Waals surface area contributed by atoms with Crippen molar-refractivity contribution >= 4 is 16.8 Å². The number of fused-ring (bicyclic) bond motifs is 1. The third-order valence-corrected chi connectivity index (χ3v) is 3.97. The lowest BCUT2D eigenvalue weighted by molar-refractivity contribution is 0.0912. The predicted octanol–water partition coefficient (Wildman–Crippen LogP) is 3.48. The van der Waals surface area contributed by atoms with Gasteiger partial charge in [-0.1, -0.05) is 54.6 Å². The molecule has 0 fully saturated rings. The Morgan fingerprint density at radius 1 is 1.04 bits per heavy atom. The molecule has 1 aromatic heterocycles. The summed E-state index contributed by atoms with van der Waals surface area (Å²) in [6.07, 6.45) is -0.158. The van der Waals surface area contributed by atoms with E-state index in [4.69, 9.17) is 0 Å². The summed E-state index contributed by atoms with van der Waals surface area (Å²) in [6, 6.07) is 20.6. The second-order valence-corrected chi connectivity index (χ2v) is 5.93. The van der Waals surface area contributed by atoms with Crippen LogP contribution in [0.15, 0.2) is 66.7 Å². The average Bonchev–Trinajstić information content (AvgIpc) is 2.61. The fourth-order valence-corrected chi connectivity index (χ4v) is 2.70. The largest absolute Gasteiger partial charge is 0.388 e. The number of hydrogen-bond acceptors (Lipinski definition) is 3. The molecule has 0 saturated heterocycles. The van der Waals surface area contributed by atoms with Crippen LogP contribution in [0.2, 0.25) is 0 Å². The maximum atomic E-state index is 12.4. The van der Waals surface area contributed by atoms with Crippen molar-refractivity contribution in [3.63, 3.8) is 0 Å². The molecule has 0 spiro atoms. The van der Waals surface area contributed by atoms with Gasteiger partial charge in [-0.15, -0.1) is 0 Å². The van der Waals surface area contributed by atoms with Crippen molar-refractivity contribution in [1.29, 1.82) is 0 Å². The van der Waals surface area contributed by atoms with Crippen LogP contribution >= 0.6 is 0 Å². The topological polar surface area (TPSA) is 62.2 Å². The molecule has 0 radical (unpaired) electrons. The fraction of sp³-hybridized carbons (Fsp3) is 0.200. The van der Waals surface area contributed by atoms with Crippen LogP contribution in [0.5, 0.6) is 0 Å². The molecule has 4 nitrogen and oxygen atoms in total. The molecule has 122 valence electrons. The number of nitrogens with zero attached hydrogens (tertiary/aromatic N) is 1. The van der Waals surface area contributed by atoms with Crippen LogP contribution in [0.1, 0.15) is 35.5 Å². The van der Waals surface area contributed by atoms with Crippen molar-refractivity contribution < 1.29 is 9.90 Å². The summed E-state index contributed by atoms with van der Waals surface area (Å²) < 4.78 is 0. The van der Waals surface area contributed by atoms with Gasteiger partial charge in [-0.25, -0.2) is 4.98 Å². The summed E-state index contributed by atoms with van der Waals surface area (Å²) in [6.45, 7) is 1.88. The zero-order valence-electron chi connectivity index (χ0n) is 13.5. The van der Waals surface area contributed by atoms with Gasteiger partial charge in [0.05, 0.1) is 11.6 Å². The van der Waals surface area contributed by atoms with Gasteiger partial charge in [-0.3, -0.25) is 4.79 Å². The number of hydrogen-bond donors (Lipinski definition) is 2. The summed E-state index contributed by atoms with van der Waals surface area (Å²) in [5.74, 6) is -0.228. The lowest BCUT2D eigenvalue weighted by Gasteiger charge is -2.18. The number of para-hydroxylation sites is 1.